The minimum Gasteiger partial charge on any atom is -0.396 e. The Balaban J connectivity index is 2.01. The van der Waals surface area contributed by atoms with Gasteiger partial charge in [0, 0.05) is 42.5 Å². The second kappa shape index (κ2) is 7.78. The van der Waals surface area contributed by atoms with E-state index in [0.29, 0.717) is 5.69 Å². The van der Waals surface area contributed by atoms with Crippen molar-refractivity contribution in [2.75, 3.05) is 18.5 Å². The minimum atomic E-state index is -0.706. The molecule has 0 saturated carbocycles. The highest BCUT2D eigenvalue weighted by Crippen LogP contribution is 2.20. The van der Waals surface area contributed by atoms with E-state index in [1.807, 2.05) is 24.4 Å². The average molecular weight is 317 g/mol. The highest BCUT2D eigenvalue weighted by Gasteiger charge is 2.14. The number of hydrogen-bond donors (Lipinski definition) is 3. The Morgan fingerprint density at radius 1 is 1.26 bits per heavy atom. The van der Waals surface area contributed by atoms with E-state index in [9.17, 15) is 9.59 Å². The number of aromatic nitrogens is 1. The molecule has 0 aliphatic rings. The summed E-state index contributed by atoms with van der Waals surface area (Å²) < 4.78 is 2.16. The van der Waals surface area contributed by atoms with Crippen molar-refractivity contribution in [1.82, 2.24) is 9.88 Å². The molecule has 124 valence electrons. The Morgan fingerprint density at radius 3 is 2.74 bits per heavy atom. The van der Waals surface area contributed by atoms with Gasteiger partial charge < -0.3 is 20.3 Å². The Labute approximate surface area is 135 Å². The number of aliphatic hydroxyl groups is 1. The van der Waals surface area contributed by atoms with Crippen molar-refractivity contribution in [3.05, 3.63) is 30.5 Å². The van der Waals surface area contributed by atoms with Crippen molar-refractivity contribution < 1.29 is 14.7 Å². The second-order valence-electron chi connectivity index (χ2n) is 5.73. The number of carbonyl (C=O) groups excluding carboxylic acids is 2. The first kappa shape index (κ1) is 17.0. The van der Waals surface area contributed by atoms with Crippen LogP contribution in [0.4, 0.5) is 5.69 Å². The van der Waals surface area contributed by atoms with Crippen LogP contribution in [0.15, 0.2) is 30.5 Å². The van der Waals surface area contributed by atoms with Gasteiger partial charge in [0.15, 0.2) is 0 Å². The molecule has 2 aromatic rings. The Kier molecular flexibility index (Phi) is 5.76. The smallest absolute Gasteiger partial charge is 0.313 e. The number of hydrogen-bond acceptors (Lipinski definition) is 3. The maximum Gasteiger partial charge on any atom is 0.313 e. The topological polar surface area (TPSA) is 83.4 Å². The highest BCUT2D eigenvalue weighted by atomic mass is 16.3. The van der Waals surface area contributed by atoms with E-state index >= 15 is 0 Å². The largest absolute Gasteiger partial charge is 0.396 e. The van der Waals surface area contributed by atoms with Gasteiger partial charge in [0.05, 0.1) is 0 Å². The van der Waals surface area contributed by atoms with Crippen molar-refractivity contribution >= 4 is 28.4 Å². The molecular formula is C17H23N3O3. The van der Waals surface area contributed by atoms with Gasteiger partial charge in [-0.25, -0.2) is 0 Å². The normalized spacial score (nSPS) is 12.1. The lowest BCUT2D eigenvalue weighted by molar-refractivity contribution is -0.136. The second-order valence-corrected chi connectivity index (χ2v) is 5.73. The maximum atomic E-state index is 11.9. The molecule has 1 aromatic carbocycles. The van der Waals surface area contributed by atoms with E-state index in [1.54, 1.807) is 13.0 Å². The predicted octanol–water partition coefficient (Wildman–Crippen LogP) is 1.73. The highest BCUT2D eigenvalue weighted by molar-refractivity contribution is 6.39. The monoisotopic (exact) mass is 317 g/mol. The van der Waals surface area contributed by atoms with Crippen LogP contribution in [-0.4, -0.2) is 34.6 Å². The molecule has 0 bridgehead atoms. The molecule has 2 amide bonds. The number of amides is 2. The molecule has 23 heavy (non-hydrogen) atoms. The van der Waals surface area contributed by atoms with Crippen molar-refractivity contribution in [3.63, 3.8) is 0 Å². The molecule has 1 atom stereocenters. The number of rotatable bonds is 6. The summed E-state index contributed by atoms with van der Waals surface area (Å²) in [6, 6.07) is 7.56. The average Bonchev–Trinajstić information content (AvgIpc) is 2.94. The molecule has 0 spiro atoms. The van der Waals surface area contributed by atoms with Gasteiger partial charge in [-0.3, -0.25) is 9.59 Å². The molecule has 0 fully saturated rings. The number of fused-ring (bicyclic) bond motifs is 1. The van der Waals surface area contributed by atoms with Gasteiger partial charge in [0.2, 0.25) is 0 Å². The summed E-state index contributed by atoms with van der Waals surface area (Å²) in [5.74, 6) is -1.49. The molecule has 1 unspecified atom stereocenters. The Bertz CT molecular complexity index is 693. The van der Waals surface area contributed by atoms with Crippen LogP contribution in [0.5, 0.6) is 0 Å². The lowest BCUT2D eigenvalue weighted by Gasteiger charge is -2.10. The number of aryl methyl sites for hydroxylation is 1. The molecule has 0 saturated heterocycles. The van der Waals surface area contributed by atoms with Crippen LogP contribution in [-0.2, 0) is 16.1 Å². The van der Waals surface area contributed by atoms with E-state index in [0.717, 1.165) is 23.9 Å². The predicted molar refractivity (Wildman–Crippen MR) is 90.1 cm³/mol. The fraction of sp³-hybridized carbons (Fsp3) is 0.412. The number of carbonyl (C=O) groups is 2. The van der Waals surface area contributed by atoms with Crippen molar-refractivity contribution in [1.29, 1.82) is 0 Å². The van der Waals surface area contributed by atoms with Gasteiger partial charge in [0.25, 0.3) is 0 Å². The number of nitrogens with one attached hydrogen (secondary N) is 2. The summed E-state index contributed by atoms with van der Waals surface area (Å²) in [6.45, 7) is 5.08. The Morgan fingerprint density at radius 2 is 2.04 bits per heavy atom. The molecular weight excluding hydrogens is 294 g/mol. The summed E-state index contributed by atoms with van der Waals surface area (Å²) in [4.78, 5) is 23.6. The molecule has 6 heteroatoms. The molecule has 1 heterocycles. The van der Waals surface area contributed by atoms with E-state index in [4.69, 9.17) is 5.11 Å². The van der Waals surface area contributed by atoms with Gasteiger partial charge in [-0.1, -0.05) is 13.8 Å². The first-order valence-corrected chi connectivity index (χ1v) is 7.84. The summed E-state index contributed by atoms with van der Waals surface area (Å²) in [5, 5.41) is 15.0. The van der Waals surface area contributed by atoms with Gasteiger partial charge in [-0.05, 0) is 36.6 Å². The van der Waals surface area contributed by atoms with Crippen LogP contribution in [0.3, 0.4) is 0 Å². The summed E-state index contributed by atoms with van der Waals surface area (Å²) >= 11 is 0. The zero-order chi connectivity index (χ0) is 16.8. The van der Waals surface area contributed by atoms with Crippen molar-refractivity contribution in [2.24, 2.45) is 5.92 Å². The quantitative estimate of drug-likeness (QED) is 0.710. The van der Waals surface area contributed by atoms with Gasteiger partial charge in [-0.2, -0.15) is 0 Å². The number of benzene rings is 1. The van der Waals surface area contributed by atoms with E-state index in [-0.39, 0.29) is 19.1 Å². The van der Waals surface area contributed by atoms with Crippen LogP contribution in [0, 0.1) is 5.92 Å². The van der Waals surface area contributed by atoms with E-state index in [1.165, 1.54) is 0 Å². The summed E-state index contributed by atoms with van der Waals surface area (Å²) in [7, 11) is 0. The zero-order valence-corrected chi connectivity index (χ0v) is 13.5. The fourth-order valence-corrected chi connectivity index (χ4v) is 2.31. The third-order valence-corrected chi connectivity index (χ3v) is 3.62. The number of anilines is 1. The number of aliphatic hydroxyl groups excluding tert-OH is 1. The molecule has 6 nitrogen and oxygen atoms in total. The molecule has 1 aromatic heterocycles. The minimum absolute atomic E-state index is 0.0344. The standard InChI is InChI=1S/C17H23N3O3/c1-3-7-20-8-6-13-9-14(4-5-15(13)20)19-17(23)16(22)18-10-12(2)11-21/h4-6,8-9,12,21H,3,7,10-11H2,1-2H3,(H,18,22)(H,19,23). The van der Waals surface area contributed by atoms with Crippen molar-refractivity contribution in [3.8, 4) is 0 Å². The first-order chi connectivity index (χ1) is 11.0. The van der Waals surface area contributed by atoms with Crippen LogP contribution < -0.4 is 10.6 Å². The Hall–Kier alpha value is -2.34. The van der Waals surface area contributed by atoms with E-state index in [2.05, 4.69) is 22.1 Å². The molecule has 0 radical (unpaired) electrons. The third kappa shape index (κ3) is 4.32. The fourth-order valence-electron chi connectivity index (χ4n) is 2.31. The van der Waals surface area contributed by atoms with Crippen molar-refractivity contribution in [2.45, 2.75) is 26.8 Å². The molecule has 0 aliphatic carbocycles. The molecule has 2 rings (SSSR count). The summed E-state index contributed by atoms with van der Waals surface area (Å²) in [6.07, 6.45) is 3.07. The SMILES string of the molecule is CCCn1ccc2cc(NC(=O)C(=O)NCC(C)CO)ccc21. The number of nitrogens with zero attached hydrogens (tertiary/aromatic N) is 1. The lowest BCUT2D eigenvalue weighted by Crippen LogP contribution is -2.38. The van der Waals surface area contributed by atoms with Crippen LogP contribution in [0.1, 0.15) is 20.3 Å². The van der Waals surface area contributed by atoms with E-state index < -0.39 is 11.8 Å². The van der Waals surface area contributed by atoms with Crippen LogP contribution in [0.2, 0.25) is 0 Å². The summed E-state index contributed by atoms with van der Waals surface area (Å²) in [5.41, 5.74) is 1.69. The van der Waals surface area contributed by atoms with Gasteiger partial charge in [-0.15, -0.1) is 0 Å². The van der Waals surface area contributed by atoms with Crippen LogP contribution >= 0.6 is 0 Å². The van der Waals surface area contributed by atoms with Gasteiger partial charge in [0.1, 0.15) is 0 Å². The van der Waals surface area contributed by atoms with Crippen LogP contribution in [0.25, 0.3) is 10.9 Å². The zero-order valence-electron chi connectivity index (χ0n) is 13.5. The molecule has 0 aliphatic heterocycles. The lowest BCUT2D eigenvalue weighted by atomic mass is 10.2. The maximum absolute atomic E-state index is 11.9. The first-order valence-electron chi connectivity index (χ1n) is 7.84. The molecule has 3 N–H and O–H groups in total. The van der Waals surface area contributed by atoms with Gasteiger partial charge >= 0.3 is 11.8 Å². The third-order valence-electron chi connectivity index (χ3n) is 3.62.